The van der Waals surface area contributed by atoms with E-state index in [0.717, 1.165) is 0 Å². The number of aromatic nitrogens is 2. The maximum absolute atomic E-state index is 11.7. The van der Waals surface area contributed by atoms with Crippen LogP contribution in [0.25, 0.3) is 0 Å². The monoisotopic (exact) mass is 240 g/mol. The average Bonchev–Trinajstić information content (AvgIpc) is 2.69. The van der Waals surface area contributed by atoms with E-state index in [9.17, 15) is 4.79 Å². The van der Waals surface area contributed by atoms with Crippen LogP contribution in [0.3, 0.4) is 0 Å². The Bertz CT molecular complexity index is 362. The number of carbonyl (C=O) groups excluding carboxylic acids is 1. The molecule has 1 atom stereocenters. The van der Waals surface area contributed by atoms with Gasteiger partial charge >= 0.3 is 0 Å². The van der Waals surface area contributed by atoms with Crippen molar-refractivity contribution in [3.63, 3.8) is 0 Å². The Labute approximate surface area is 101 Å². The number of hydrogen-bond donors (Lipinski definition) is 2. The van der Waals surface area contributed by atoms with Crippen LogP contribution in [0.1, 0.15) is 25.5 Å². The van der Waals surface area contributed by atoms with Crippen LogP contribution in [0.4, 0.5) is 0 Å². The van der Waals surface area contributed by atoms with E-state index in [2.05, 4.69) is 10.4 Å². The summed E-state index contributed by atoms with van der Waals surface area (Å²) in [7, 11) is 1.78. The third-order valence-electron chi connectivity index (χ3n) is 2.22. The standard InChI is InChI=1S/C11H20N4O2/c1-8(2)17-5-4-13-11(16)10(12)9-6-14-15(3)7-9/h6-8,10H,4-5,12H2,1-3H3,(H,13,16). The van der Waals surface area contributed by atoms with Gasteiger partial charge in [-0.2, -0.15) is 5.10 Å². The fourth-order valence-electron chi connectivity index (χ4n) is 1.33. The Balaban J connectivity index is 2.32. The van der Waals surface area contributed by atoms with Crippen molar-refractivity contribution in [3.8, 4) is 0 Å². The smallest absolute Gasteiger partial charge is 0.241 e. The van der Waals surface area contributed by atoms with E-state index < -0.39 is 6.04 Å². The van der Waals surface area contributed by atoms with Crippen molar-refractivity contribution < 1.29 is 9.53 Å². The van der Waals surface area contributed by atoms with Crippen molar-refractivity contribution in [1.29, 1.82) is 0 Å². The topological polar surface area (TPSA) is 82.2 Å². The summed E-state index contributed by atoms with van der Waals surface area (Å²) in [5.74, 6) is -0.217. The zero-order valence-electron chi connectivity index (χ0n) is 10.5. The van der Waals surface area contributed by atoms with Crippen molar-refractivity contribution in [3.05, 3.63) is 18.0 Å². The zero-order chi connectivity index (χ0) is 12.8. The van der Waals surface area contributed by atoms with Crippen LogP contribution < -0.4 is 11.1 Å². The summed E-state index contributed by atoms with van der Waals surface area (Å²) in [5.41, 5.74) is 6.49. The minimum Gasteiger partial charge on any atom is -0.377 e. The molecule has 6 heteroatoms. The highest BCUT2D eigenvalue weighted by molar-refractivity contribution is 5.82. The molecule has 1 heterocycles. The van der Waals surface area contributed by atoms with Crippen LogP contribution in [0.2, 0.25) is 0 Å². The highest BCUT2D eigenvalue weighted by Gasteiger charge is 2.16. The third-order valence-corrected chi connectivity index (χ3v) is 2.22. The van der Waals surface area contributed by atoms with Gasteiger partial charge in [0.25, 0.3) is 0 Å². The number of amides is 1. The van der Waals surface area contributed by atoms with E-state index in [1.54, 1.807) is 24.1 Å². The Morgan fingerprint density at radius 2 is 2.35 bits per heavy atom. The third kappa shape index (κ3) is 4.54. The maximum atomic E-state index is 11.7. The molecule has 17 heavy (non-hydrogen) atoms. The number of hydrogen-bond acceptors (Lipinski definition) is 4. The van der Waals surface area contributed by atoms with Crippen molar-refractivity contribution >= 4 is 5.91 Å². The molecule has 1 aromatic rings. The second-order valence-electron chi connectivity index (χ2n) is 4.14. The number of nitrogens with zero attached hydrogens (tertiary/aromatic N) is 2. The van der Waals surface area contributed by atoms with Crippen LogP contribution in [-0.4, -0.2) is 34.9 Å². The van der Waals surface area contributed by atoms with Crippen LogP contribution in [0, 0.1) is 0 Å². The van der Waals surface area contributed by atoms with Gasteiger partial charge < -0.3 is 15.8 Å². The molecule has 0 saturated carbocycles. The second-order valence-corrected chi connectivity index (χ2v) is 4.14. The fraction of sp³-hybridized carbons (Fsp3) is 0.636. The summed E-state index contributed by atoms with van der Waals surface area (Å²) in [5, 5.41) is 6.69. The van der Waals surface area contributed by atoms with Gasteiger partial charge in [0, 0.05) is 25.4 Å². The number of ether oxygens (including phenoxy) is 1. The van der Waals surface area contributed by atoms with Gasteiger partial charge in [-0.1, -0.05) is 0 Å². The summed E-state index contributed by atoms with van der Waals surface area (Å²) < 4.78 is 6.93. The molecular formula is C11H20N4O2. The molecule has 3 N–H and O–H groups in total. The number of nitrogens with two attached hydrogens (primary N) is 1. The summed E-state index contributed by atoms with van der Waals surface area (Å²) in [6.07, 6.45) is 3.49. The lowest BCUT2D eigenvalue weighted by atomic mass is 10.1. The molecule has 1 rings (SSSR count). The van der Waals surface area contributed by atoms with E-state index in [0.29, 0.717) is 18.7 Å². The lowest BCUT2D eigenvalue weighted by Gasteiger charge is -2.11. The first kappa shape index (κ1) is 13.7. The second kappa shape index (κ2) is 6.36. The van der Waals surface area contributed by atoms with Crippen molar-refractivity contribution in [2.75, 3.05) is 13.2 Å². The highest BCUT2D eigenvalue weighted by Crippen LogP contribution is 2.07. The summed E-state index contributed by atoms with van der Waals surface area (Å²) in [6.45, 7) is 4.85. The van der Waals surface area contributed by atoms with Gasteiger partial charge in [-0.05, 0) is 13.8 Å². The van der Waals surface area contributed by atoms with Crippen LogP contribution >= 0.6 is 0 Å². The number of nitrogens with one attached hydrogen (secondary N) is 1. The molecule has 0 aliphatic heterocycles. The Hall–Kier alpha value is -1.40. The molecule has 0 aliphatic rings. The van der Waals surface area contributed by atoms with Gasteiger partial charge in [0.05, 0.1) is 18.9 Å². The number of rotatable bonds is 6. The molecule has 96 valence electrons. The number of aryl methyl sites for hydroxylation is 1. The summed E-state index contributed by atoms with van der Waals surface area (Å²) >= 11 is 0. The molecule has 6 nitrogen and oxygen atoms in total. The van der Waals surface area contributed by atoms with E-state index in [1.807, 2.05) is 13.8 Å². The summed E-state index contributed by atoms with van der Waals surface area (Å²) in [4.78, 5) is 11.7. The highest BCUT2D eigenvalue weighted by atomic mass is 16.5. The number of carbonyl (C=O) groups is 1. The Kier molecular flexibility index (Phi) is 5.11. The first-order chi connectivity index (χ1) is 8.00. The fourth-order valence-corrected chi connectivity index (χ4v) is 1.33. The average molecular weight is 240 g/mol. The molecule has 0 bridgehead atoms. The van der Waals surface area contributed by atoms with Crippen LogP contribution in [0.15, 0.2) is 12.4 Å². The predicted octanol–water partition coefficient (Wildman–Crippen LogP) is -0.0389. The van der Waals surface area contributed by atoms with Gasteiger partial charge in [-0.3, -0.25) is 9.48 Å². The van der Waals surface area contributed by atoms with Crippen LogP contribution in [-0.2, 0) is 16.6 Å². The van der Waals surface area contributed by atoms with Gasteiger partial charge in [-0.25, -0.2) is 0 Å². The first-order valence-electron chi connectivity index (χ1n) is 5.64. The molecule has 0 aromatic carbocycles. The van der Waals surface area contributed by atoms with Crippen molar-refractivity contribution in [1.82, 2.24) is 15.1 Å². The van der Waals surface area contributed by atoms with E-state index >= 15 is 0 Å². The van der Waals surface area contributed by atoms with Gasteiger partial charge in [-0.15, -0.1) is 0 Å². The molecule has 0 saturated heterocycles. The molecule has 0 aliphatic carbocycles. The molecular weight excluding hydrogens is 220 g/mol. The molecule has 1 amide bonds. The van der Waals surface area contributed by atoms with Crippen molar-refractivity contribution in [2.24, 2.45) is 12.8 Å². The normalized spacial score (nSPS) is 12.8. The molecule has 1 aromatic heterocycles. The predicted molar refractivity (Wildman–Crippen MR) is 64.2 cm³/mol. The van der Waals surface area contributed by atoms with E-state index in [4.69, 9.17) is 10.5 Å². The SMILES string of the molecule is CC(C)OCCNC(=O)C(N)c1cnn(C)c1. The lowest BCUT2D eigenvalue weighted by molar-refractivity contribution is -0.122. The van der Waals surface area contributed by atoms with E-state index in [-0.39, 0.29) is 12.0 Å². The molecule has 0 radical (unpaired) electrons. The first-order valence-corrected chi connectivity index (χ1v) is 5.64. The van der Waals surface area contributed by atoms with Gasteiger partial charge in [0.1, 0.15) is 6.04 Å². The zero-order valence-corrected chi connectivity index (χ0v) is 10.5. The maximum Gasteiger partial charge on any atom is 0.241 e. The minimum atomic E-state index is -0.678. The van der Waals surface area contributed by atoms with Gasteiger partial charge in [0.2, 0.25) is 5.91 Å². The lowest BCUT2D eigenvalue weighted by Crippen LogP contribution is -2.36. The quantitative estimate of drug-likeness (QED) is 0.684. The van der Waals surface area contributed by atoms with Crippen molar-refractivity contribution in [2.45, 2.75) is 26.0 Å². The van der Waals surface area contributed by atoms with Crippen LogP contribution in [0.5, 0.6) is 0 Å². The molecule has 0 fully saturated rings. The molecule has 1 unspecified atom stereocenters. The minimum absolute atomic E-state index is 0.166. The van der Waals surface area contributed by atoms with Gasteiger partial charge in [0.15, 0.2) is 0 Å². The largest absolute Gasteiger partial charge is 0.377 e. The molecule has 0 spiro atoms. The summed E-state index contributed by atoms with van der Waals surface area (Å²) in [6, 6.07) is -0.678. The van der Waals surface area contributed by atoms with E-state index in [1.165, 1.54) is 0 Å². The Morgan fingerprint density at radius 1 is 1.65 bits per heavy atom. The Morgan fingerprint density at radius 3 is 2.88 bits per heavy atom.